The molecule has 2 unspecified atom stereocenters. The number of halogens is 3. The molecule has 0 saturated carbocycles. The Kier molecular flexibility index (Phi) is 5.38. The number of piperidine rings is 1. The number of carbonyl (C=O) groups excluding carboxylic acids is 1. The highest BCUT2D eigenvalue weighted by atomic mass is 19.4. The van der Waals surface area contributed by atoms with Gasteiger partial charge in [0.2, 0.25) is 0 Å². The monoisotopic (exact) mass is 397 g/mol. The average Bonchev–Trinajstić information content (AvgIpc) is 2.57. The topological polar surface area (TPSA) is 38.8 Å². The molecule has 0 aliphatic carbocycles. The summed E-state index contributed by atoms with van der Waals surface area (Å²) in [4.78, 5) is 14.4. The van der Waals surface area contributed by atoms with Gasteiger partial charge in [0.05, 0.1) is 18.7 Å². The van der Waals surface area contributed by atoms with Gasteiger partial charge in [-0.1, -0.05) is 12.1 Å². The van der Waals surface area contributed by atoms with Crippen molar-refractivity contribution in [3.05, 3.63) is 35.4 Å². The Bertz CT molecular complexity index is 780. The van der Waals surface area contributed by atoms with Crippen LogP contribution in [0.4, 0.5) is 18.0 Å². The maximum absolute atomic E-state index is 13.1. The first-order valence-electron chi connectivity index (χ1n) is 9.47. The van der Waals surface area contributed by atoms with Gasteiger partial charge in [0, 0.05) is 6.04 Å². The van der Waals surface area contributed by atoms with Crippen molar-refractivity contribution >= 4 is 11.7 Å². The molecule has 1 aromatic carbocycles. The van der Waals surface area contributed by atoms with E-state index in [1.165, 1.54) is 19.2 Å². The lowest BCUT2D eigenvalue weighted by Crippen LogP contribution is -2.53. The number of rotatable bonds is 2. The van der Waals surface area contributed by atoms with Crippen LogP contribution in [0.5, 0.6) is 5.75 Å². The van der Waals surface area contributed by atoms with Gasteiger partial charge in [-0.05, 0) is 69.7 Å². The summed E-state index contributed by atoms with van der Waals surface area (Å²) < 4.78 is 49.9. The highest BCUT2D eigenvalue weighted by molar-refractivity contribution is 5.75. The molecule has 1 aromatic rings. The van der Waals surface area contributed by atoms with Crippen LogP contribution in [0.2, 0.25) is 0 Å². The quantitative estimate of drug-likeness (QED) is 0.646. The van der Waals surface area contributed by atoms with E-state index in [1.54, 1.807) is 4.90 Å². The molecular formula is C21H26F3NO3. The third-order valence-corrected chi connectivity index (χ3v) is 5.12. The molecule has 1 amide bonds. The number of hydrogen-bond donors (Lipinski definition) is 0. The Balaban J connectivity index is 1.90. The molecule has 2 aliphatic rings. The smallest absolute Gasteiger partial charge is 0.419 e. The zero-order valence-corrected chi connectivity index (χ0v) is 16.6. The van der Waals surface area contributed by atoms with Crippen molar-refractivity contribution in [2.75, 3.05) is 7.11 Å². The Morgan fingerprint density at radius 1 is 1.18 bits per heavy atom. The maximum Gasteiger partial charge on any atom is 0.419 e. The number of amides is 1. The van der Waals surface area contributed by atoms with Crippen molar-refractivity contribution in [1.29, 1.82) is 0 Å². The van der Waals surface area contributed by atoms with E-state index in [4.69, 9.17) is 9.47 Å². The number of alkyl halides is 3. The van der Waals surface area contributed by atoms with Crippen LogP contribution in [0.1, 0.15) is 57.6 Å². The van der Waals surface area contributed by atoms with Crippen molar-refractivity contribution in [2.45, 2.75) is 70.3 Å². The maximum atomic E-state index is 13.1. The van der Waals surface area contributed by atoms with E-state index in [-0.39, 0.29) is 23.9 Å². The molecule has 154 valence electrons. The van der Waals surface area contributed by atoms with Crippen LogP contribution in [0.3, 0.4) is 0 Å². The van der Waals surface area contributed by atoms with Gasteiger partial charge in [-0.15, -0.1) is 0 Å². The number of carbonyl (C=O) groups is 1. The van der Waals surface area contributed by atoms with E-state index in [2.05, 4.69) is 0 Å². The molecule has 2 heterocycles. The predicted octanol–water partition coefficient (Wildman–Crippen LogP) is 5.66. The van der Waals surface area contributed by atoms with E-state index < -0.39 is 17.3 Å². The summed E-state index contributed by atoms with van der Waals surface area (Å²) in [6.45, 7) is 5.50. The zero-order valence-electron chi connectivity index (χ0n) is 16.6. The first kappa shape index (κ1) is 20.6. The van der Waals surface area contributed by atoms with Gasteiger partial charge in [-0.2, -0.15) is 13.2 Å². The van der Waals surface area contributed by atoms with E-state index in [9.17, 15) is 18.0 Å². The Labute approximate surface area is 163 Å². The van der Waals surface area contributed by atoms with Crippen molar-refractivity contribution in [3.63, 3.8) is 0 Å². The van der Waals surface area contributed by atoms with Gasteiger partial charge in [0.25, 0.3) is 0 Å². The number of methoxy groups -OCH3 is 1. The highest BCUT2D eigenvalue weighted by Crippen LogP contribution is 2.41. The fourth-order valence-electron chi connectivity index (χ4n) is 3.97. The van der Waals surface area contributed by atoms with Crippen LogP contribution in [0, 0.1) is 0 Å². The normalized spacial score (nSPS) is 22.5. The first-order chi connectivity index (χ1) is 13.0. The van der Waals surface area contributed by atoms with Crippen molar-refractivity contribution in [2.24, 2.45) is 0 Å². The minimum atomic E-state index is -4.46. The fourth-order valence-corrected chi connectivity index (χ4v) is 3.97. The van der Waals surface area contributed by atoms with Crippen LogP contribution in [0.15, 0.2) is 24.3 Å². The fraction of sp³-hybridized carbons (Fsp3) is 0.571. The van der Waals surface area contributed by atoms with Gasteiger partial charge in [-0.25, -0.2) is 4.79 Å². The van der Waals surface area contributed by atoms with Gasteiger partial charge < -0.3 is 9.47 Å². The van der Waals surface area contributed by atoms with E-state index in [0.717, 1.165) is 30.9 Å². The summed E-state index contributed by atoms with van der Waals surface area (Å²) in [6.07, 6.45) is 0.458. The molecule has 1 fully saturated rings. The van der Waals surface area contributed by atoms with Gasteiger partial charge >= 0.3 is 12.3 Å². The first-order valence-corrected chi connectivity index (χ1v) is 9.47. The molecule has 2 bridgehead atoms. The molecule has 2 aliphatic heterocycles. The summed E-state index contributed by atoms with van der Waals surface area (Å²) >= 11 is 0. The van der Waals surface area contributed by atoms with Gasteiger partial charge in [0.1, 0.15) is 11.4 Å². The minimum Gasteiger partial charge on any atom is -0.496 e. The van der Waals surface area contributed by atoms with Crippen LogP contribution in [-0.4, -0.2) is 35.8 Å². The molecule has 4 nitrogen and oxygen atoms in total. The molecule has 0 N–H and O–H groups in total. The number of nitrogens with zero attached hydrogens (tertiary/aromatic N) is 1. The standard InChI is InChI=1S/C21H26F3NO3/c1-20(2,3)28-19(26)25-15-6-5-7-16(25)11-14(10-15)13-8-9-17(21(22,23)24)18(12-13)27-4/h8-10,12,15-16H,5-7,11H2,1-4H3. The van der Waals surface area contributed by atoms with Crippen molar-refractivity contribution in [1.82, 2.24) is 4.90 Å². The molecule has 2 atom stereocenters. The Morgan fingerprint density at radius 2 is 1.89 bits per heavy atom. The lowest BCUT2D eigenvalue weighted by Gasteiger charge is -2.45. The molecule has 3 rings (SSSR count). The third kappa shape index (κ3) is 4.28. The van der Waals surface area contributed by atoms with Crippen LogP contribution < -0.4 is 4.74 Å². The molecule has 1 saturated heterocycles. The SMILES string of the molecule is COc1cc(C2=CC3CCCC(C2)N3C(=O)OC(C)(C)C)ccc1C(F)(F)F. The number of hydrogen-bond acceptors (Lipinski definition) is 3. The summed E-state index contributed by atoms with van der Waals surface area (Å²) in [5, 5.41) is 0. The molecule has 0 aromatic heterocycles. The molecule has 0 spiro atoms. The van der Waals surface area contributed by atoms with Gasteiger partial charge in [-0.3, -0.25) is 4.90 Å². The van der Waals surface area contributed by atoms with E-state index >= 15 is 0 Å². The van der Waals surface area contributed by atoms with Gasteiger partial charge in [0.15, 0.2) is 0 Å². The second-order valence-corrected chi connectivity index (χ2v) is 8.35. The summed E-state index contributed by atoms with van der Waals surface area (Å²) in [5.41, 5.74) is 0.286. The van der Waals surface area contributed by atoms with Crippen molar-refractivity contribution in [3.8, 4) is 5.75 Å². The Morgan fingerprint density at radius 3 is 2.46 bits per heavy atom. The van der Waals surface area contributed by atoms with E-state index in [1.807, 2.05) is 26.8 Å². The van der Waals surface area contributed by atoms with Crippen molar-refractivity contribution < 1.29 is 27.4 Å². The average molecular weight is 397 g/mol. The molecule has 28 heavy (non-hydrogen) atoms. The third-order valence-electron chi connectivity index (χ3n) is 5.12. The second-order valence-electron chi connectivity index (χ2n) is 8.35. The minimum absolute atomic E-state index is 0.0121. The van der Waals surface area contributed by atoms with Crippen LogP contribution in [0.25, 0.3) is 5.57 Å². The number of fused-ring (bicyclic) bond motifs is 2. The summed E-state index contributed by atoms with van der Waals surface area (Å²) in [5.74, 6) is -0.189. The summed E-state index contributed by atoms with van der Waals surface area (Å²) in [7, 11) is 1.24. The summed E-state index contributed by atoms with van der Waals surface area (Å²) in [6, 6.07) is 3.86. The zero-order chi connectivity index (χ0) is 20.7. The second kappa shape index (κ2) is 7.33. The number of benzene rings is 1. The predicted molar refractivity (Wildman–Crippen MR) is 100 cm³/mol. The lowest BCUT2D eigenvalue weighted by molar-refractivity contribution is -0.138. The van der Waals surface area contributed by atoms with Crippen LogP contribution >= 0.6 is 0 Å². The largest absolute Gasteiger partial charge is 0.496 e. The molecule has 7 heteroatoms. The molecule has 0 radical (unpaired) electrons. The Hall–Kier alpha value is -2.18. The van der Waals surface area contributed by atoms with Crippen LogP contribution in [-0.2, 0) is 10.9 Å². The molecular weight excluding hydrogens is 371 g/mol. The number of ether oxygens (including phenoxy) is 2. The van der Waals surface area contributed by atoms with E-state index in [0.29, 0.717) is 12.0 Å². The lowest BCUT2D eigenvalue weighted by atomic mass is 9.83. The highest BCUT2D eigenvalue weighted by Gasteiger charge is 2.40.